The zero-order chi connectivity index (χ0) is 12.8. The summed E-state index contributed by atoms with van der Waals surface area (Å²) in [5, 5.41) is 0. The summed E-state index contributed by atoms with van der Waals surface area (Å²) >= 11 is 0. The molecule has 0 radical (unpaired) electrons. The maximum Gasteiger partial charge on any atom is 0.323 e. The minimum atomic E-state index is 0.00335. The molecule has 1 aliphatic heterocycles. The highest BCUT2D eigenvalue weighted by molar-refractivity contribution is 5.75. The van der Waals surface area contributed by atoms with Crippen LogP contribution in [0, 0.1) is 5.92 Å². The minimum absolute atomic E-state index is 0.00335. The molecule has 3 heteroatoms. The van der Waals surface area contributed by atoms with Crippen LogP contribution in [0.5, 0.6) is 0 Å². The van der Waals surface area contributed by atoms with E-state index in [0.29, 0.717) is 6.61 Å². The highest BCUT2D eigenvalue weighted by atomic mass is 16.5. The third kappa shape index (κ3) is 3.71. The van der Waals surface area contributed by atoms with Crippen LogP contribution in [-0.2, 0) is 9.53 Å². The van der Waals surface area contributed by atoms with Gasteiger partial charge < -0.3 is 4.74 Å². The minimum Gasteiger partial charge on any atom is -0.465 e. The first-order valence-electron chi connectivity index (χ1n) is 7.72. The van der Waals surface area contributed by atoms with Crippen LogP contribution in [0.3, 0.4) is 0 Å². The fraction of sp³-hybridized carbons (Fsp3) is 0.933. The van der Waals surface area contributed by atoms with Gasteiger partial charge in [0.1, 0.15) is 6.04 Å². The molecular weight excluding hydrogens is 226 g/mol. The van der Waals surface area contributed by atoms with Gasteiger partial charge in [0.05, 0.1) is 6.61 Å². The van der Waals surface area contributed by atoms with Crippen molar-refractivity contribution in [2.75, 3.05) is 19.7 Å². The smallest absolute Gasteiger partial charge is 0.323 e. The molecule has 18 heavy (non-hydrogen) atoms. The highest BCUT2D eigenvalue weighted by Crippen LogP contribution is 2.28. The molecule has 0 N–H and O–H groups in total. The van der Waals surface area contributed by atoms with Gasteiger partial charge in [-0.1, -0.05) is 32.1 Å². The van der Waals surface area contributed by atoms with Crippen molar-refractivity contribution in [1.29, 1.82) is 0 Å². The molecule has 104 valence electrons. The predicted octanol–water partition coefficient (Wildman–Crippen LogP) is 2.98. The van der Waals surface area contributed by atoms with Crippen LogP contribution >= 0.6 is 0 Å². The van der Waals surface area contributed by atoms with Crippen LogP contribution in [0.4, 0.5) is 0 Å². The summed E-state index contributed by atoms with van der Waals surface area (Å²) < 4.78 is 5.20. The lowest BCUT2D eigenvalue weighted by atomic mass is 9.99. The Labute approximate surface area is 111 Å². The van der Waals surface area contributed by atoms with E-state index in [1.165, 1.54) is 44.9 Å². The molecule has 1 saturated carbocycles. The Balaban J connectivity index is 1.80. The van der Waals surface area contributed by atoms with Crippen molar-refractivity contribution in [2.24, 2.45) is 5.92 Å². The van der Waals surface area contributed by atoms with Crippen LogP contribution in [0.2, 0.25) is 0 Å². The van der Waals surface area contributed by atoms with Gasteiger partial charge in [0.15, 0.2) is 0 Å². The van der Waals surface area contributed by atoms with Crippen molar-refractivity contribution < 1.29 is 9.53 Å². The van der Waals surface area contributed by atoms with E-state index in [0.717, 1.165) is 25.4 Å². The molecule has 0 aromatic rings. The summed E-state index contributed by atoms with van der Waals surface area (Å²) in [4.78, 5) is 14.3. The molecule has 1 saturated heterocycles. The van der Waals surface area contributed by atoms with Gasteiger partial charge in [-0.15, -0.1) is 0 Å². The Morgan fingerprint density at radius 1 is 1.17 bits per heavy atom. The maximum atomic E-state index is 11.9. The fourth-order valence-electron chi connectivity index (χ4n) is 3.41. The summed E-state index contributed by atoms with van der Waals surface area (Å²) in [7, 11) is 0. The standard InChI is InChI=1S/C15H27NO2/c1-2-18-15(17)14-9-5-6-11-16(14)12-10-13-7-3-4-8-13/h13-14H,2-12H2,1H3. The van der Waals surface area contributed by atoms with Crippen molar-refractivity contribution in [2.45, 2.75) is 64.3 Å². The van der Waals surface area contributed by atoms with Gasteiger partial charge in [-0.05, 0) is 45.2 Å². The summed E-state index contributed by atoms with van der Waals surface area (Å²) in [5.74, 6) is 0.915. The summed E-state index contributed by atoms with van der Waals surface area (Å²) in [5.41, 5.74) is 0. The van der Waals surface area contributed by atoms with E-state index in [1.807, 2.05) is 6.92 Å². The molecule has 0 aromatic carbocycles. The van der Waals surface area contributed by atoms with Gasteiger partial charge in [-0.3, -0.25) is 9.69 Å². The molecular formula is C15H27NO2. The number of nitrogens with zero attached hydrogens (tertiary/aromatic N) is 1. The molecule has 0 bridgehead atoms. The Hall–Kier alpha value is -0.570. The van der Waals surface area contributed by atoms with Crippen molar-refractivity contribution >= 4 is 5.97 Å². The molecule has 2 aliphatic rings. The largest absolute Gasteiger partial charge is 0.465 e. The van der Waals surface area contributed by atoms with Crippen molar-refractivity contribution in [3.05, 3.63) is 0 Å². The first-order valence-corrected chi connectivity index (χ1v) is 7.72. The van der Waals surface area contributed by atoms with Crippen LogP contribution in [-0.4, -0.2) is 36.6 Å². The van der Waals surface area contributed by atoms with Crippen LogP contribution in [0.25, 0.3) is 0 Å². The third-order valence-electron chi connectivity index (χ3n) is 4.47. The van der Waals surface area contributed by atoms with Crippen molar-refractivity contribution in [3.8, 4) is 0 Å². The molecule has 0 spiro atoms. The Kier molecular flexibility index (Phi) is 5.48. The number of hydrogen-bond donors (Lipinski definition) is 0. The van der Waals surface area contributed by atoms with Crippen LogP contribution in [0.15, 0.2) is 0 Å². The SMILES string of the molecule is CCOC(=O)C1CCCCN1CCC1CCCC1. The van der Waals surface area contributed by atoms with Crippen LogP contribution < -0.4 is 0 Å². The predicted molar refractivity (Wildman–Crippen MR) is 72.4 cm³/mol. The van der Waals surface area contributed by atoms with Crippen LogP contribution in [0.1, 0.15) is 58.3 Å². The normalized spacial score (nSPS) is 26.4. The third-order valence-corrected chi connectivity index (χ3v) is 4.47. The Morgan fingerprint density at radius 2 is 1.89 bits per heavy atom. The number of rotatable bonds is 5. The molecule has 2 fully saturated rings. The zero-order valence-corrected chi connectivity index (χ0v) is 11.7. The Morgan fingerprint density at radius 3 is 2.61 bits per heavy atom. The number of likely N-dealkylation sites (tertiary alicyclic amines) is 1. The van der Waals surface area contributed by atoms with Crippen molar-refractivity contribution in [3.63, 3.8) is 0 Å². The first kappa shape index (κ1) is 13.9. The summed E-state index contributed by atoms with van der Waals surface area (Å²) in [6.45, 7) is 4.57. The van der Waals surface area contributed by atoms with E-state index in [-0.39, 0.29) is 12.0 Å². The van der Waals surface area contributed by atoms with Crippen molar-refractivity contribution in [1.82, 2.24) is 4.90 Å². The lowest BCUT2D eigenvalue weighted by molar-refractivity contribution is -0.151. The van der Waals surface area contributed by atoms with E-state index in [1.54, 1.807) is 0 Å². The monoisotopic (exact) mass is 253 g/mol. The lowest BCUT2D eigenvalue weighted by Gasteiger charge is -2.34. The second-order valence-electron chi connectivity index (χ2n) is 5.74. The van der Waals surface area contributed by atoms with E-state index in [2.05, 4.69) is 4.90 Å². The molecule has 0 amide bonds. The highest BCUT2D eigenvalue weighted by Gasteiger charge is 2.30. The zero-order valence-electron chi connectivity index (χ0n) is 11.7. The average molecular weight is 253 g/mol. The van der Waals surface area contributed by atoms with Gasteiger partial charge >= 0.3 is 5.97 Å². The topological polar surface area (TPSA) is 29.5 Å². The Bertz CT molecular complexity index is 261. The number of piperidine rings is 1. The molecule has 2 rings (SSSR count). The maximum absolute atomic E-state index is 11.9. The molecule has 0 aromatic heterocycles. The van der Waals surface area contributed by atoms with Gasteiger partial charge in [0.25, 0.3) is 0 Å². The number of hydrogen-bond acceptors (Lipinski definition) is 3. The molecule has 1 heterocycles. The summed E-state index contributed by atoms with van der Waals surface area (Å²) in [6.07, 6.45) is 10.3. The summed E-state index contributed by atoms with van der Waals surface area (Å²) in [6, 6.07) is 0.0418. The van der Waals surface area contributed by atoms with Gasteiger partial charge in [0.2, 0.25) is 0 Å². The van der Waals surface area contributed by atoms with E-state index < -0.39 is 0 Å². The van der Waals surface area contributed by atoms with Gasteiger partial charge in [0, 0.05) is 0 Å². The van der Waals surface area contributed by atoms with E-state index in [4.69, 9.17) is 4.74 Å². The number of esters is 1. The average Bonchev–Trinajstić information content (AvgIpc) is 2.90. The molecule has 1 atom stereocenters. The fourth-order valence-corrected chi connectivity index (χ4v) is 3.41. The molecule has 3 nitrogen and oxygen atoms in total. The number of carbonyl (C=O) groups excluding carboxylic acids is 1. The van der Waals surface area contributed by atoms with Gasteiger partial charge in [-0.2, -0.15) is 0 Å². The van der Waals surface area contributed by atoms with E-state index in [9.17, 15) is 4.79 Å². The molecule has 1 unspecified atom stereocenters. The molecule has 1 aliphatic carbocycles. The quantitative estimate of drug-likeness (QED) is 0.705. The number of ether oxygens (including phenoxy) is 1. The second kappa shape index (κ2) is 7.13. The first-order chi connectivity index (χ1) is 8.81. The van der Waals surface area contributed by atoms with E-state index >= 15 is 0 Å². The lowest BCUT2D eigenvalue weighted by Crippen LogP contribution is -2.46. The van der Waals surface area contributed by atoms with Gasteiger partial charge in [-0.25, -0.2) is 0 Å². The number of carbonyl (C=O) groups is 1. The second-order valence-corrected chi connectivity index (χ2v) is 5.74.